The maximum atomic E-state index is 5.85. The molecule has 112 valence electrons. The van der Waals surface area contributed by atoms with Crippen LogP contribution in [-0.2, 0) is 0 Å². The first kappa shape index (κ1) is 14.6. The molecule has 0 saturated heterocycles. The van der Waals surface area contributed by atoms with Crippen LogP contribution >= 0.6 is 12.2 Å². The molecule has 0 amide bonds. The van der Waals surface area contributed by atoms with E-state index >= 15 is 0 Å². The van der Waals surface area contributed by atoms with Crippen molar-refractivity contribution in [3.8, 4) is 0 Å². The van der Waals surface area contributed by atoms with Gasteiger partial charge in [-0.3, -0.25) is 0 Å². The van der Waals surface area contributed by atoms with Crippen molar-refractivity contribution in [1.82, 2.24) is 5.32 Å². The average Bonchev–Trinajstić information content (AvgIpc) is 2.93. The molecule has 0 saturated carbocycles. The summed E-state index contributed by atoms with van der Waals surface area (Å²) in [6, 6.07) is 18.1. The van der Waals surface area contributed by atoms with Crippen molar-refractivity contribution >= 4 is 34.0 Å². The van der Waals surface area contributed by atoms with E-state index in [-0.39, 0.29) is 6.04 Å². The Morgan fingerprint density at radius 1 is 1.09 bits per heavy atom. The van der Waals surface area contributed by atoms with E-state index in [2.05, 4.69) is 10.6 Å². The molecule has 0 aliphatic heterocycles. The molecule has 1 atom stereocenters. The Kier molecular flexibility index (Phi) is 4.11. The normalized spacial score (nSPS) is 12.1. The fourth-order valence-corrected chi connectivity index (χ4v) is 2.64. The van der Waals surface area contributed by atoms with E-state index in [9.17, 15) is 0 Å². The molecule has 3 rings (SSSR count). The van der Waals surface area contributed by atoms with Crippen LogP contribution in [0.3, 0.4) is 0 Å². The van der Waals surface area contributed by atoms with Gasteiger partial charge in [0.25, 0.3) is 0 Å². The van der Waals surface area contributed by atoms with Gasteiger partial charge in [-0.05, 0) is 49.8 Å². The van der Waals surface area contributed by atoms with Crippen LogP contribution in [0.4, 0.5) is 5.69 Å². The second kappa shape index (κ2) is 6.20. The van der Waals surface area contributed by atoms with Gasteiger partial charge in [0.15, 0.2) is 5.11 Å². The average molecular weight is 310 g/mol. The monoisotopic (exact) mass is 310 g/mol. The fourth-order valence-electron chi connectivity index (χ4n) is 2.36. The topological polar surface area (TPSA) is 37.2 Å². The zero-order valence-electron chi connectivity index (χ0n) is 12.6. The van der Waals surface area contributed by atoms with Crippen molar-refractivity contribution in [3.05, 3.63) is 65.9 Å². The highest BCUT2D eigenvalue weighted by Gasteiger charge is 2.12. The summed E-state index contributed by atoms with van der Waals surface area (Å²) in [7, 11) is 0. The summed E-state index contributed by atoms with van der Waals surface area (Å²) < 4.78 is 5.85. The lowest BCUT2D eigenvalue weighted by Gasteiger charge is -2.16. The van der Waals surface area contributed by atoms with Gasteiger partial charge in [-0.25, -0.2) is 0 Å². The van der Waals surface area contributed by atoms with Crippen molar-refractivity contribution < 1.29 is 4.42 Å². The number of para-hydroxylation sites is 2. The Bertz CT molecular complexity index is 776. The molecular formula is C18H18N2OS. The van der Waals surface area contributed by atoms with Gasteiger partial charge in [0.2, 0.25) is 0 Å². The maximum Gasteiger partial charge on any atom is 0.171 e. The number of rotatable bonds is 3. The Balaban J connectivity index is 1.69. The smallest absolute Gasteiger partial charge is 0.171 e. The van der Waals surface area contributed by atoms with Crippen LogP contribution in [0.15, 0.2) is 59.0 Å². The fraction of sp³-hybridized carbons (Fsp3) is 0.167. The van der Waals surface area contributed by atoms with Gasteiger partial charge >= 0.3 is 0 Å². The Morgan fingerprint density at radius 2 is 1.82 bits per heavy atom. The van der Waals surface area contributed by atoms with E-state index in [0.717, 1.165) is 28.0 Å². The molecule has 3 nitrogen and oxygen atoms in total. The van der Waals surface area contributed by atoms with Crippen molar-refractivity contribution in [3.63, 3.8) is 0 Å². The summed E-state index contributed by atoms with van der Waals surface area (Å²) in [5, 5.41) is 8.17. The van der Waals surface area contributed by atoms with Gasteiger partial charge in [-0.15, -0.1) is 0 Å². The molecule has 3 aromatic rings. The molecule has 0 bridgehead atoms. The van der Waals surface area contributed by atoms with Crippen LogP contribution in [0.25, 0.3) is 11.0 Å². The van der Waals surface area contributed by atoms with Crippen LogP contribution in [0.2, 0.25) is 0 Å². The van der Waals surface area contributed by atoms with Crippen LogP contribution < -0.4 is 10.6 Å². The highest BCUT2D eigenvalue weighted by atomic mass is 32.1. The number of fused-ring (bicyclic) bond motifs is 1. The lowest BCUT2D eigenvalue weighted by Crippen LogP contribution is -2.30. The van der Waals surface area contributed by atoms with E-state index in [1.807, 2.05) is 68.4 Å². The van der Waals surface area contributed by atoms with Crippen molar-refractivity contribution in [1.29, 1.82) is 0 Å². The molecule has 0 unspecified atom stereocenters. The summed E-state index contributed by atoms with van der Waals surface area (Å²) in [5.74, 6) is 0.870. The number of furan rings is 1. The summed E-state index contributed by atoms with van der Waals surface area (Å²) in [4.78, 5) is 0. The minimum Gasteiger partial charge on any atom is -0.459 e. The summed E-state index contributed by atoms with van der Waals surface area (Å²) in [6.07, 6.45) is 0. The number of thiocarbonyl (C=S) groups is 1. The third kappa shape index (κ3) is 3.12. The van der Waals surface area contributed by atoms with Crippen LogP contribution in [0.5, 0.6) is 0 Å². The second-order valence-electron chi connectivity index (χ2n) is 5.32. The molecule has 0 radical (unpaired) electrons. The highest BCUT2D eigenvalue weighted by molar-refractivity contribution is 7.80. The highest BCUT2D eigenvalue weighted by Crippen LogP contribution is 2.23. The minimum absolute atomic E-state index is 0.00332. The molecule has 2 aromatic carbocycles. The number of hydrogen-bond donors (Lipinski definition) is 2. The number of hydrogen-bond acceptors (Lipinski definition) is 2. The zero-order valence-corrected chi connectivity index (χ0v) is 13.4. The largest absolute Gasteiger partial charge is 0.459 e. The van der Waals surface area contributed by atoms with E-state index in [1.165, 1.54) is 0 Å². The first-order valence-electron chi connectivity index (χ1n) is 7.25. The lowest BCUT2D eigenvalue weighted by atomic mass is 10.2. The molecule has 1 heterocycles. The molecule has 0 fully saturated rings. The molecular weight excluding hydrogens is 292 g/mol. The lowest BCUT2D eigenvalue weighted by molar-refractivity contribution is 0.493. The minimum atomic E-state index is -0.00332. The molecule has 0 aliphatic carbocycles. The van der Waals surface area contributed by atoms with E-state index in [0.29, 0.717) is 5.11 Å². The van der Waals surface area contributed by atoms with Crippen molar-refractivity contribution in [2.75, 3.05) is 5.32 Å². The predicted octanol–water partition coefficient (Wildman–Crippen LogP) is 4.79. The van der Waals surface area contributed by atoms with Crippen molar-refractivity contribution in [2.24, 2.45) is 0 Å². The second-order valence-corrected chi connectivity index (χ2v) is 5.73. The number of anilines is 1. The van der Waals surface area contributed by atoms with Gasteiger partial charge in [0.1, 0.15) is 11.3 Å². The van der Waals surface area contributed by atoms with Gasteiger partial charge in [0, 0.05) is 11.1 Å². The Labute approximate surface area is 135 Å². The SMILES string of the molecule is Cc1ccccc1NC(=S)N[C@@H](C)c1cc2ccccc2o1. The van der Waals surface area contributed by atoms with Crippen LogP contribution in [0.1, 0.15) is 24.3 Å². The molecule has 2 N–H and O–H groups in total. The maximum absolute atomic E-state index is 5.85. The Morgan fingerprint density at radius 3 is 2.59 bits per heavy atom. The molecule has 0 aliphatic rings. The Hall–Kier alpha value is -2.33. The number of nitrogens with one attached hydrogen (secondary N) is 2. The third-order valence-corrected chi connectivity index (χ3v) is 3.83. The standard InChI is InChI=1S/C18H18N2OS/c1-12-7-3-5-9-15(12)20-18(22)19-13(2)17-11-14-8-4-6-10-16(14)21-17/h3-11,13H,1-2H3,(H2,19,20,22)/t13-/m0/s1. The van der Waals surface area contributed by atoms with E-state index in [4.69, 9.17) is 16.6 Å². The van der Waals surface area contributed by atoms with Gasteiger partial charge < -0.3 is 15.1 Å². The summed E-state index contributed by atoms with van der Waals surface area (Å²) in [5.41, 5.74) is 3.06. The van der Waals surface area contributed by atoms with Gasteiger partial charge in [-0.2, -0.15) is 0 Å². The zero-order chi connectivity index (χ0) is 15.5. The van der Waals surface area contributed by atoms with Gasteiger partial charge in [0.05, 0.1) is 6.04 Å². The first-order valence-corrected chi connectivity index (χ1v) is 7.66. The molecule has 4 heteroatoms. The quantitative estimate of drug-likeness (QED) is 0.682. The van der Waals surface area contributed by atoms with E-state index < -0.39 is 0 Å². The summed E-state index contributed by atoms with van der Waals surface area (Å²) >= 11 is 5.39. The van der Waals surface area contributed by atoms with Gasteiger partial charge in [-0.1, -0.05) is 36.4 Å². The predicted molar refractivity (Wildman–Crippen MR) is 95.2 cm³/mol. The third-order valence-electron chi connectivity index (χ3n) is 3.61. The number of benzene rings is 2. The van der Waals surface area contributed by atoms with E-state index in [1.54, 1.807) is 0 Å². The molecule has 1 aromatic heterocycles. The summed E-state index contributed by atoms with van der Waals surface area (Å²) in [6.45, 7) is 4.08. The number of aryl methyl sites for hydroxylation is 1. The molecule has 22 heavy (non-hydrogen) atoms. The molecule has 0 spiro atoms. The van der Waals surface area contributed by atoms with Crippen LogP contribution in [-0.4, -0.2) is 5.11 Å². The van der Waals surface area contributed by atoms with Crippen LogP contribution in [0, 0.1) is 6.92 Å². The van der Waals surface area contributed by atoms with Crippen molar-refractivity contribution in [2.45, 2.75) is 19.9 Å². The first-order chi connectivity index (χ1) is 10.6.